The molecule has 2 aromatic rings. The minimum absolute atomic E-state index is 0.165. The minimum Gasteiger partial charge on any atom is -0.394 e. The second-order valence-corrected chi connectivity index (χ2v) is 4.35. The van der Waals surface area contributed by atoms with E-state index in [0.717, 1.165) is 0 Å². The highest BCUT2D eigenvalue weighted by molar-refractivity contribution is 5.98. The third kappa shape index (κ3) is 1.99. The van der Waals surface area contributed by atoms with E-state index in [9.17, 15) is 9.90 Å². The van der Waals surface area contributed by atoms with Gasteiger partial charge in [-0.1, -0.05) is 12.1 Å². The largest absolute Gasteiger partial charge is 0.394 e. The van der Waals surface area contributed by atoms with Crippen LogP contribution in [0.4, 0.5) is 0 Å². The predicted molar refractivity (Wildman–Crippen MR) is 65.7 cm³/mol. The van der Waals surface area contributed by atoms with Crippen molar-refractivity contribution in [2.75, 3.05) is 13.2 Å². The first-order valence-electron chi connectivity index (χ1n) is 5.91. The fourth-order valence-electron chi connectivity index (χ4n) is 2.12. The number of aliphatic hydroxyl groups excluding tert-OH is 2. The lowest BCUT2D eigenvalue weighted by Gasteiger charge is -2.26. The average Bonchev–Trinajstić information content (AvgIpc) is 2.45. The van der Waals surface area contributed by atoms with Crippen LogP contribution in [-0.2, 0) is 4.74 Å². The van der Waals surface area contributed by atoms with Crippen molar-refractivity contribution < 1.29 is 19.7 Å². The first-order chi connectivity index (χ1) is 9.20. The van der Waals surface area contributed by atoms with Gasteiger partial charge in [0.2, 0.25) is 5.78 Å². The Morgan fingerprint density at radius 1 is 1.32 bits per heavy atom. The maximum atomic E-state index is 11.8. The monoisotopic (exact) mass is 260 g/mol. The van der Waals surface area contributed by atoms with E-state index in [1.165, 1.54) is 0 Å². The number of aliphatic hydroxyl groups is 2. The van der Waals surface area contributed by atoms with E-state index in [2.05, 4.69) is 9.97 Å². The zero-order valence-corrected chi connectivity index (χ0v) is 9.98. The second-order valence-electron chi connectivity index (χ2n) is 4.35. The fraction of sp³-hybridized carbons (Fsp3) is 0.308. The van der Waals surface area contributed by atoms with Crippen LogP contribution in [0.2, 0.25) is 0 Å². The molecule has 1 aromatic heterocycles. The van der Waals surface area contributed by atoms with Gasteiger partial charge in [-0.05, 0) is 12.1 Å². The number of fused-ring (bicyclic) bond motifs is 2. The molecular weight excluding hydrogens is 248 g/mol. The van der Waals surface area contributed by atoms with Crippen molar-refractivity contribution in [3.05, 3.63) is 35.7 Å². The van der Waals surface area contributed by atoms with Gasteiger partial charge in [-0.15, -0.1) is 0 Å². The number of aromatic nitrogens is 2. The van der Waals surface area contributed by atoms with Crippen molar-refractivity contribution in [2.24, 2.45) is 0 Å². The number of ether oxygens (including phenoxy) is 1. The van der Waals surface area contributed by atoms with Gasteiger partial charge in [0.15, 0.2) is 0 Å². The van der Waals surface area contributed by atoms with E-state index in [4.69, 9.17) is 9.84 Å². The Bertz CT molecular complexity index is 644. The van der Waals surface area contributed by atoms with Crippen LogP contribution in [0.5, 0.6) is 0 Å². The molecule has 6 nitrogen and oxygen atoms in total. The smallest absolute Gasteiger partial charge is 0.208 e. The van der Waals surface area contributed by atoms with Gasteiger partial charge in [0.1, 0.15) is 30.2 Å². The number of ketones is 1. The van der Waals surface area contributed by atoms with E-state index >= 15 is 0 Å². The van der Waals surface area contributed by atoms with Crippen LogP contribution in [0.15, 0.2) is 24.3 Å². The molecule has 98 valence electrons. The number of rotatable bonds is 2. The highest BCUT2D eigenvalue weighted by Gasteiger charge is 2.34. The quantitative estimate of drug-likeness (QED) is 0.803. The van der Waals surface area contributed by atoms with Gasteiger partial charge in [0.25, 0.3) is 0 Å². The van der Waals surface area contributed by atoms with Crippen LogP contribution in [-0.4, -0.2) is 45.3 Å². The summed E-state index contributed by atoms with van der Waals surface area (Å²) in [7, 11) is 0. The van der Waals surface area contributed by atoms with Crippen LogP contribution in [0.25, 0.3) is 11.0 Å². The highest BCUT2D eigenvalue weighted by atomic mass is 16.5. The third-order valence-electron chi connectivity index (χ3n) is 3.06. The normalized spacial score (nSPS) is 20.3. The Morgan fingerprint density at radius 2 is 2.00 bits per heavy atom. The van der Waals surface area contributed by atoms with Crippen LogP contribution in [0.3, 0.4) is 0 Å². The van der Waals surface area contributed by atoms with Gasteiger partial charge >= 0.3 is 0 Å². The molecule has 2 unspecified atom stereocenters. The molecule has 2 N–H and O–H groups in total. The molecule has 0 spiro atoms. The van der Waals surface area contributed by atoms with Gasteiger partial charge in [0, 0.05) is 0 Å². The number of benzene rings is 1. The first-order valence-corrected chi connectivity index (χ1v) is 5.91. The number of carbonyl (C=O) groups is 1. The molecule has 0 saturated carbocycles. The Morgan fingerprint density at radius 3 is 2.68 bits per heavy atom. The zero-order chi connectivity index (χ0) is 13.4. The topological polar surface area (TPSA) is 92.5 Å². The zero-order valence-electron chi connectivity index (χ0n) is 9.98. The summed E-state index contributed by atoms with van der Waals surface area (Å²) in [5.41, 5.74) is 1.74. The summed E-state index contributed by atoms with van der Waals surface area (Å²) in [6, 6.07) is 7.16. The molecule has 1 aliphatic heterocycles. The highest BCUT2D eigenvalue weighted by Crippen LogP contribution is 2.28. The standard InChI is InChI=1S/C13H12N2O4/c16-5-9(17)13-12-11(10(18)6-19-13)14-7-3-1-2-4-8(7)15-12/h1-4,9,13,16-17H,5-6H2. The van der Waals surface area contributed by atoms with Gasteiger partial charge in [-0.25, -0.2) is 9.97 Å². The summed E-state index contributed by atoms with van der Waals surface area (Å²) < 4.78 is 5.26. The molecule has 0 aliphatic carbocycles. The first kappa shape index (κ1) is 12.2. The number of hydrogen-bond acceptors (Lipinski definition) is 6. The van der Waals surface area contributed by atoms with E-state index in [1.807, 2.05) is 12.1 Å². The molecule has 0 amide bonds. The van der Waals surface area contributed by atoms with Gasteiger partial charge < -0.3 is 14.9 Å². The summed E-state index contributed by atoms with van der Waals surface area (Å²) in [5.74, 6) is -0.269. The molecule has 0 fully saturated rings. The summed E-state index contributed by atoms with van der Waals surface area (Å²) in [4.78, 5) is 20.4. The van der Waals surface area contributed by atoms with Crippen molar-refractivity contribution >= 4 is 16.8 Å². The third-order valence-corrected chi connectivity index (χ3v) is 3.06. The number of carbonyl (C=O) groups excluding carboxylic acids is 1. The molecule has 1 aliphatic rings. The average molecular weight is 260 g/mol. The van der Waals surface area contributed by atoms with Crippen LogP contribution in [0.1, 0.15) is 22.3 Å². The van der Waals surface area contributed by atoms with Crippen molar-refractivity contribution in [1.29, 1.82) is 0 Å². The SMILES string of the molecule is O=C1COC(C(O)CO)c2nc3ccccc3nc21. The minimum atomic E-state index is -1.12. The fourth-order valence-corrected chi connectivity index (χ4v) is 2.12. The molecule has 1 aromatic carbocycles. The van der Waals surface area contributed by atoms with Crippen molar-refractivity contribution in [1.82, 2.24) is 9.97 Å². The predicted octanol–water partition coefficient (Wildman–Crippen LogP) is 0.237. The van der Waals surface area contributed by atoms with Crippen molar-refractivity contribution in [3.8, 4) is 0 Å². The summed E-state index contributed by atoms with van der Waals surface area (Å²) in [6.07, 6.45) is -1.95. The van der Waals surface area contributed by atoms with Crippen LogP contribution >= 0.6 is 0 Å². The maximum Gasteiger partial charge on any atom is 0.208 e. The lowest BCUT2D eigenvalue weighted by Crippen LogP contribution is -2.34. The Hall–Kier alpha value is -1.89. The molecule has 2 heterocycles. The van der Waals surface area contributed by atoms with E-state index in [0.29, 0.717) is 11.0 Å². The molecule has 0 bridgehead atoms. The summed E-state index contributed by atoms with van der Waals surface area (Å²) in [5, 5.41) is 18.8. The summed E-state index contributed by atoms with van der Waals surface area (Å²) in [6.45, 7) is -0.630. The molecular formula is C13H12N2O4. The number of para-hydroxylation sites is 2. The van der Waals surface area contributed by atoms with Crippen molar-refractivity contribution in [2.45, 2.75) is 12.2 Å². The molecule has 3 rings (SSSR count). The lowest BCUT2D eigenvalue weighted by molar-refractivity contribution is -0.0605. The molecule has 0 radical (unpaired) electrons. The van der Waals surface area contributed by atoms with Gasteiger partial charge in [-0.2, -0.15) is 0 Å². The molecule has 0 saturated heterocycles. The summed E-state index contributed by atoms with van der Waals surface area (Å²) >= 11 is 0. The Labute approximate surface area is 108 Å². The Balaban J connectivity index is 2.20. The lowest BCUT2D eigenvalue weighted by atomic mass is 10.0. The number of nitrogens with zero attached hydrogens (tertiary/aromatic N) is 2. The Kier molecular flexibility index (Phi) is 2.98. The van der Waals surface area contributed by atoms with Gasteiger partial charge in [0.05, 0.1) is 17.6 Å². The van der Waals surface area contributed by atoms with Gasteiger partial charge in [-0.3, -0.25) is 4.79 Å². The molecule has 6 heteroatoms. The van der Waals surface area contributed by atoms with Crippen LogP contribution in [0, 0.1) is 0 Å². The number of hydrogen-bond donors (Lipinski definition) is 2. The maximum absolute atomic E-state index is 11.8. The molecule has 2 atom stereocenters. The van der Waals surface area contributed by atoms with Crippen LogP contribution < -0.4 is 0 Å². The van der Waals surface area contributed by atoms with E-state index in [1.54, 1.807) is 12.1 Å². The van der Waals surface area contributed by atoms with Crippen molar-refractivity contribution in [3.63, 3.8) is 0 Å². The van der Waals surface area contributed by atoms with E-state index < -0.39 is 18.8 Å². The molecule has 19 heavy (non-hydrogen) atoms. The second kappa shape index (κ2) is 4.65. The van der Waals surface area contributed by atoms with E-state index in [-0.39, 0.29) is 23.8 Å². The number of Topliss-reactive ketones (excluding diaryl/α,β-unsaturated/α-hetero) is 1.